The van der Waals surface area contributed by atoms with E-state index < -0.39 is 0 Å². The molecular formula is C24H28N2O3. The Kier molecular flexibility index (Phi) is 6.25. The lowest BCUT2D eigenvalue weighted by Crippen LogP contribution is -2.49. The highest BCUT2D eigenvalue weighted by molar-refractivity contribution is 5.85. The van der Waals surface area contributed by atoms with Gasteiger partial charge < -0.3 is 14.5 Å². The molecule has 0 spiro atoms. The van der Waals surface area contributed by atoms with E-state index in [1.165, 1.54) is 11.1 Å². The Morgan fingerprint density at radius 2 is 1.66 bits per heavy atom. The van der Waals surface area contributed by atoms with Gasteiger partial charge in [-0.3, -0.25) is 9.59 Å². The number of amides is 2. The van der Waals surface area contributed by atoms with Gasteiger partial charge in [0, 0.05) is 32.0 Å². The third-order valence-corrected chi connectivity index (χ3v) is 5.89. The van der Waals surface area contributed by atoms with Crippen LogP contribution in [0.2, 0.25) is 0 Å². The highest BCUT2D eigenvalue weighted by Crippen LogP contribution is 2.31. The van der Waals surface area contributed by atoms with Crippen molar-refractivity contribution in [3.8, 4) is 0 Å². The number of hydrogen-bond acceptors (Lipinski definition) is 3. The van der Waals surface area contributed by atoms with E-state index in [-0.39, 0.29) is 30.4 Å². The first-order valence-electron chi connectivity index (χ1n) is 10.5. The van der Waals surface area contributed by atoms with Crippen LogP contribution in [-0.2, 0) is 14.3 Å². The molecule has 2 heterocycles. The first-order chi connectivity index (χ1) is 14.2. The quantitative estimate of drug-likeness (QED) is 0.759. The van der Waals surface area contributed by atoms with Crippen molar-refractivity contribution in [2.75, 3.05) is 32.8 Å². The van der Waals surface area contributed by atoms with Gasteiger partial charge in [-0.15, -0.1) is 0 Å². The van der Waals surface area contributed by atoms with E-state index in [1.807, 2.05) is 17.0 Å². The van der Waals surface area contributed by atoms with Gasteiger partial charge in [0.1, 0.15) is 0 Å². The fraction of sp³-hybridized carbons (Fsp3) is 0.417. The summed E-state index contributed by atoms with van der Waals surface area (Å²) < 4.78 is 6.05. The SMILES string of the molecule is O=C1CCCN1CC(=O)N1CCO[C@H](CC(c2ccccc2)c2ccccc2)C1. The molecule has 0 aliphatic carbocycles. The molecule has 0 N–H and O–H groups in total. The van der Waals surface area contributed by atoms with E-state index in [1.54, 1.807) is 4.90 Å². The molecule has 0 radical (unpaired) electrons. The molecule has 4 rings (SSSR count). The normalized spacial score (nSPS) is 19.8. The van der Waals surface area contributed by atoms with Crippen LogP contribution in [0.25, 0.3) is 0 Å². The summed E-state index contributed by atoms with van der Waals surface area (Å²) in [4.78, 5) is 28.1. The van der Waals surface area contributed by atoms with E-state index >= 15 is 0 Å². The predicted octanol–water partition coefficient (Wildman–Crippen LogP) is 3.06. The van der Waals surface area contributed by atoms with E-state index in [9.17, 15) is 9.59 Å². The molecule has 2 aliphatic heterocycles. The van der Waals surface area contributed by atoms with Crippen LogP contribution in [0.4, 0.5) is 0 Å². The van der Waals surface area contributed by atoms with Gasteiger partial charge in [0.2, 0.25) is 11.8 Å². The predicted molar refractivity (Wildman–Crippen MR) is 111 cm³/mol. The number of benzene rings is 2. The number of ether oxygens (including phenoxy) is 1. The van der Waals surface area contributed by atoms with Crippen molar-refractivity contribution in [2.45, 2.75) is 31.3 Å². The van der Waals surface area contributed by atoms with E-state index in [0.717, 1.165) is 12.8 Å². The summed E-state index contributed by atoms with van der Waals surface area (Å²) in [5, 5.41) is 0. The van der Waals surface area contributed by atoms with Crippen molar-refractivity contribution in [2.24, 2.45) is 0 Å². The minimum absolute atomic E-state index is 0.0209. The van der Waals surface area contributed by atoms with Crippen molar-refractivity contribution in [3.63, 3.8) is 0 Å². The molecule has 2 aromatic rings. The zero-order chi connectivity index (χ0) is 20.1. The van der Waals surface area contributed by atoms with Crippen LogP contribution < -0.4 is 0 Å². The van der Waals surface area contributed by atoms with Crippen LogP contribution in [0.5, 0.6) is 0 Å². The van der Waals surface area contributed by atoms with E-state index in [0.29, 0.717) is 32.7 Å². The number of carbonyl (C=O) groups is 2. The summed E-state index contributed by atoms with van der Waals surface area (Å²) in [5.41, 5.74) is 2.52. The van der Waals surface area contributed by atoms with Crippen molar-refractivity contribution >= 4 is 11.8 Å². The Morgan fingerprint density at radius 3 is 2.24 bits per heavy atom. The number of carbonyl (C=O) groups excluding carboxylic acids is 2. The van der Waals surface area contributed by atoms with Gasteiger partial charge in [-0.05, 0) is 24.0 Å². The summed E-state index contributed by atoms with van der Waals surface area (Å²) in [7, 11) is 0. The van der Waals surface area contributed by atoms with Crippen LogP contribution in [0.15, 0.2) is 60.7 Å². The number of hydrogen-bond donors (Lipinski definition) is 0. The fourth-order valence-corrected chi connectivity index (χ4v) is 4.32. The minimum Gasteiger partial charge on any atom is -0.375 e. The molecule has 1 atom stereocenters. The molecule has 2 aliphatic rings. The molecule has 2 saturated heterocycles. The Morgan fingerprint density at radius 1 is 1.00 bits per heavy atom. The molecule has 2 aromatic carbocycles. The summed E-state index contributed by atoms with van der Waals surface area (Å²) in [6.45, 7) is 2.62. The number of morpholine rings is 1. The second-order valence-corrected chi connectivity index (χ2v) is 7.86. The van der Waals surface area contributed by atoms with Crippen LogP contribution >= 0.6 is 0 Å². The lowest BCUT2D eigenvalue weighted by Gasteiger charge is -2.35. The summed E-state index contributed by atoms with van der Waals surface area (Å²) in [6.07, 6.45) is 2.22. The average Bonchev–Trinajstić information content (AvgIpc) is 3.18. The second-order valence-electron chi connectivity index (χ2n) is 7.86. The molecule has 0 unspecified atom stereocenters. The van der Waals surface area contributed by atoms with E-state index in [4.69, 9.17) is 4.74 Å². The summed E-state index contributed by atoms with van der Waals surface area (Å²) >= 11 is 0. The molecular weight excluding hydrogens is 364 g/mol. The third kappa shape index (κ3) is 4.85. The number of likely N-dealkylation sites (tertiary alicyclic amines) is 1. The Labute approximate surface area is 172 Å². The van der Waals surface area contributed by atoms with Gasteiger partial charge >= 0.3 is 0 Å². The lowest BCUT2D eigenvalue weighted by atomic mass is 9.86. The van der Waals surface area contributed by atoms with Crippen molar-refractivity contribution < 1.29 is 14.3 Å². The Balaban J connectivity index is 1.44. The molecule has 5 nitrogen and oxygen atoms in total. The summed E-state index contributed by atoms with van der Waals surface area (Å²) in [6, 6.07) is 20.9. The Hall–Kier alpha value is -2.66. The average molecular weight is 392 g/mol. The highest BCUT2D eigenvalue weighted by atomic mass is 16.5. The molecule has 0 saturated carbocycles. The van der Waals surface area contributed by atoms with Crippen molar-refractivity contribution in [1.29, 1.82) is 0 Å². The smallest absolute Gasteiger partial charge is 0.242 e. The maximum Gasteiger partial charge on any atom is 0.242 e. The van der Waals surface area contributed by atoms with Crippen LogP contribution in [-0.4, -0.2) is 60.5 Å². The van der Waals surface area contributed by atoms with Gasteiger partial charge in [-0.1, -0.05) is 60.7 Å². The van der Waals surface area contributed by atoms with Crippen molar-refractivity contribution in [3.05, 3.63) is 71.8 Å². The topological polar surface area (TPSA) is 49.9 Å². The lowest BCUT2D eigenvalue weighted by molar-refractivity contribution is -0.143. The molecule has 5 heteroatoms. The second kappa shape index (κ2) is 9.23. The number of nitrogens with zero attached hydrogens (tertiary/aromatic N) is 2. The van der Waals surface area contributed by atoms with Crippen LogP contribution in [0.1, 0.15) is 36.3 Å². The molecule has 152 valence electrons. The monoisotopic (exact) mass is 392 g/mol. The van der Waals surface area contributed by atoms with Crippen molar-refractivity contribution in [1.82, 2.24) is 9.80 Å². The van der Waals surface area contributed by atoms with Gasteiger partial charge in [0.15, 0.2) is 0 Å². The largest absolute Gasteiger partial charge is 0.375 e. The van der Waals surface area contributed by atoms with Gasteiger partial charge in [-0.25, -0.2) is 0 Å². The Bertz CT molecular complexity index is 785. The minimum atomic E-state index is -0.0209. The molecule has 0 bridgehead atoms. The van der Waals surface area contributed by atoms with Crippen LogP contribution in [0, 0.1) is 0 Å². The number of rotatable bonds is 6. The first-order valence-corrected chi connectivity index (χ1v) is 10.5. The molecule has 2 fully saturated rings. The third-order valence-electron chi connectivity index (χ3n) is 5.89. The van der Waals surface area contributed by atoms with Gasteiger partial charge in [0.25, 0.3) is 0 Å². The highest BCUT2D eigenvalue weighted by Gasteiger charge is 2.30. The molecule has 29 heavy (non-hydrogen) atoms. The van der Waals surface area contributed by atoms with Crippen LogP contribution in [0.3, 0.4) is 0 Å². The maximum absolute atomic E-state index is 12.7. The standard InChI is InChI=1S/C24H28N2O3/c27-23-12-7-13-25(23)18-24(28)26-14-15-29-21(17-26)16-22(19-8-3-1-4-9-19)20-10-5-2-6-11-20/h1-6,8-11,21-22H,7,12-18H2/t21-/m1/s1. The maximum atomic E-state index is 12.7. The van der Waals surface area contributed by atoms with E-state index in [2.05, 4.69) is 48.5 Å². The first kappa shape index (κ1) is 19.6. The molecule has 2 amide bonds. The zero-order valence-corrected chi connectivity index (χ0v) is 16.7. The fourth-order valence-electron chi connectivity index (χ4n) is 4.32. The molecule has 0 aromatic heterocycles. The van der Waals surface area contributed by atoms with Gasteiger partial charge in [0.05, 0.1) is 19.3 Å². The summed E-state index contributed by atoms with van der Waals surface area (Å²) in [5.74, 6) is 0.346. The van der Waals surface area contributed by atoms with Gasteiger partial charge in [-0.2, -0.15) is 0 Å². The zero-order valence-electron chi connectivity index (χ0n) is 16.7.